The molecule has 1 N–H and O–H groups in total. The van der Waals surface area contributed by atoms with E-state index in [0.717, 1.165) is 4.34 Å². The Kier molecular flexibility index (Phi) is 4.20. The number of aromatic nitrogens is 3. The zero-order chi connectivity index (χ0) is 14.0. The minimum atomic E-state index is -0.270. The molecule has 0 saturated carbocycles. The van der Waals surface area contributed by atoms with Gasteiger partial charge in [-0.05, 0) is 13.8 Å². The third-order valence-corrected chi connectivity index (χ3v) is 4.15. The molecule has 0 unspecified atom stereocenters. The largest absolute Gasteiger partial charge is 0.361 e. The molecule has 0 fully saturated rings. The minimum absolute atomic E-state index is 0.270. The summed E-state index contributed by atoms with van der Waals surface area (Å²) in [6, 6.07) is 0. The summed E-state index contributed by atoms with van der Waals surface area (Å²) < 4.78 is 5.80. The van der Waals surface area contributed by atoms with Crippen LogP contribution in [0.1, 0.15) is 35.7 Å². The highest BCUT2D eigenvalue weighted by atomic mass is 32.2. The molecule has 0 radical (unpaired) electrons. The topological polar surface area (TPSA) is 80.9 Å². The van der Waals surface area contributed by atoms with Crippen LogP contribution in [-0.4, -0.2) is 26.5 Å². The molecule has 0 saturated heterocycles. The quantitative estimate of drug-likeness (QED) is 0.690. The second kappa shape index (κ2) is 5.70. The molecule has 19 heavy (non-hydrogen) atoms. The zero-order valence-corrected chi connectivity index (χ0v) is 12.7. The fourth-order valence-corrected chi connectivity index (χ4v) is 3.45. The van der Waals surface area contributed by atoms with Crippen molar-refractivity contribution in [1.82, 2.24) is 15.4 Å². The monoisotopic (exact) mass is 298 g/mol. The number of carbonyl (C=O) groups is 1. The number of anilines is 1. The third kappa shape index (κ3) is 3.32. The van der Waals surface area contributed by atoms with Crippen LogP contribution in [0.4, 0.5) is 5.13 Å². The number of rotatable bonds is 4. The van der Waals surface area contributed by atoms with Gasteiger partial charge in [-0.1, -0.05) is 42.1 Å². The maximum atomic E-state index is 12.1. The number of nitrogens with zero attached hydrogens (tertiary/aromatic N) is 3. The highest BCUT2D eigenvalue weighted by Crippen LogP contribution is 2.28. The Morgan fingerprint density at radius 2 is 2.11 bits per heavy atom. The van der Waals surface area contributed by atoms with Crippen molar-refractivity contribution in [2.45, 2.75) is 37.3 Å². The van der Waals surface area contributed by atoms with Crippen LogP contribution in [0.15, 0.2) is 8.86 Å². The average Bonchev–Trinajstić information content (AvgIpc) is 2.85. The molecule has 2 heterocycles. The van der Waals surface area contributed by atoms with Gasteiger partial charge in [0.25, 0.3) is 5.91 Å². The van der Waals surface area contributed by atoms with Crippen LogP contribution >= 0.6 is 23.1 Å². The predicted molar refractivity (Wildman–Crippen MR) is 74.8 cm³/mol. The Hall–Kier alpha value is -1.41. The lowest BCUT2D eigenvalue weighted by Gasteiger charge is -1.99. The minimum Gasteiger partial charge on any atom is -0.361 e. The normalized spacial score (nSPS) is 11.0. The van der Waals surface area contributed by atoms with Gasteiger partial charge in [0.15, 0.2) is 4.34 Å². The third-order valence-electron chi connectivity index (χ3n) is 2.22. The van der Waals surface area contributed by atoms with E-state index in [0.29, 0.717) is 27.4 Å². The van der Waals surface area contributed by atoms with E-state index in [1.165, 1.54) is 11.3 Å². The SMILES string of the molecule is Cc1noc(C)c1C(=O)Nc1nnc(SC(C)C)s1. The van der Waals surface area contributed by atoms with Gasteiger partial charge in [0, 0.05) is 5.25 Å². The van der Waals surface area contributed by atoms with Crippen molar-refractivity contribution in [2.24, 2.45) is 0 Å². The number of hydrogen-bond donors (Lipinski definition) is 1. The molecule has 8 heteroatoms. The average molecular weight is 298 g/mol. The number of hydrogen-bond acceptors (Lipinski definition) is 7. The lowest BCUT2D eigenvalue weighted by atomic mass is 10.2. The Bertz CT molecular complexity index is 572. The van der Waals surface area contributed by atoms with Crippen LogP contribution < -0.4 is 5.32 Å². The first kappa shape index (κ1) is 14.0. The highest BCUT2D eigenvalue weighted by molar-refractivity contribution is 8.01. The molecule has 0 aromatic carbocycles. The van der Waals surface area contributed by atoms with Crippen molar-refractivity contribution >= 4 is 34.1 Å². The Morgan fingerprint density at radius 1 is 1.37 bits per heavy atom. The van der Waals surface area contributed by atoms with Crippen LogP contribution in [0.5, 0.6) is 0 Å². The number of aryl methyl sites for hydroxylation is 2. The fraction of sp³-hybridized carbons (Fsp3) is 0.455. The van der Waals surface area contributed by atoms with E-state index >= 15 is 0 Å². The first-order chi connectivity index (χ1) is 8.97. The number of carbonyl (C=O) groups excluding carboxylic acids is 1. The van der Waals surface area contributed by atoms with Gasteiger partial charge < -0.3 is 4.52 Å². The Labute approximate surface area is 119 Å². The second-order valence-corrected chi connectivity index (χ2v) is 6.99. The first-order valence-corrected chi connectivity index (χ1v) is 7.41. The van der Waals surface area contributed by atoms with Crippen molar-refractivity contribution in [3.05, 3.63) is 17.0 Å². The molecule has 1 amide bonds. The molecule has 102 valence electrons. The van der Waals surface area contributed by atoms with Gasteiger partial charge in [-0.25, -0.2) is 0 Å². The van der Waals surface area contributed by atoms with Crippen molar-refractivity contribution in [1.29, 1.82) is 0 Å². The molecule has 0 aliphatic carbocycles. The predicted octanol–water partition coefficient (Wildman–Crippen LogP) is 2.90. The van der Waals surface area contributed by atoms with Crippen LogP contribution in [-0.2, 0) is 0 Å². The summed E-state index contributed by atoms with van der Waals surface area (Å²) in [5.41, 5.74) is 1.02. The summed E-state index contributed by atoms with van der Waals surface area (Å²) >= 11 is 2.97. The van der Waals surface area contributed by atoms with Crippen LogP contribution in [0.25, 0.3) is 0 Å². The van der Waals surface area contributed by atoms with Crippen molar-refractivity contribution in [3.63, 3.8) is 0 Å². The fourth-order valence-electron chi connectivity index (χ4n) is 1.48. The molecule has 0 bridgehead atoms. The van der Waals surface area contributed by atoms with Gasteiger partial charge in [0.05, 0.1) is 5.69 Å². The molecule has 2 aromatic heterocycles. The maximum absolute atomic E-state index is 12.1. The smallest absolute Gasteiger partial charge is 0.263 e. The molecule has 0 spiro atoms. The maximum Gasteiger partial charge on any atom is 0.263 e. The summed E-state index contributed by atoms with van der Waals surface area (Å²) in [6.07, 6.45) is 0. The Morgan fingerprint density at radius 3 is 2.68 bits per heavy atom. The molecule has 2 rings (SSSR count). The van der Waals surface area contributed by atoms with Gasteiger partial charge in [0.2, 0.25) is 5.13 Å². The highest BCUT2D eigenvalue weighted by Gasteiger charge is 2.19. The van der Waals surface area contributed by atoms with Crippen LogP contribution in [0, 0.1) is 13.8 Å². The van der Waals surface area contributed by atoms with Crippen LogP contribution in [0.2, 0.25) is 0 Å². The van der Waals surface area contributed by atoms with Crippen molar-refractivity contribution < 1.29 is 9.32 Å². The lowest BCUT2D eigenvalue weighted by molar-refractivity contribution is 0.102. The number of amides is 1. The van der Waals surface area contributed by atoms with E-state index in [2.05, 4.69) is 34.5 Å². The van der Waals surface area contributed by atoms with Crippen molar-refractivity contribution in [3.8, 4) is 0 Å². The second-order valence-electron chi connectivity index (χ2n) is 4.19. The van der Waals surface area contributed by atoms with Crippen molar-refractivity contribution in [2.75, 3.05) is 5.32 Å². The Balaban J connectivity index is 2.09. The molecular weight excluding hydrogens is 284 g/mol. The number of thioether (sulfide) groups is 1. The van der Waals surface area contributed by atoms with E-state index in [4.69, 9.17) is 4.52 Å². The lowest BCUT2D eigenvalue weighted by Crippen LogP contribution is -2.13. The van der Waals surface area contributed by atoms with E-state index in [9.17, 15) is 4.79 Å². The zero-order valence-electron chi connectivity index (χ0n) is 11.1. The van der Waals surface area contributed by atoms with E-state index < -0.39 is 0 Å². The molecule has 0 atom stereocenters. The summed E-state index contributed by atoms with van der Waals surface area (Å²) in [7, 11) is 0. The first-order valence-electron chi connectivity index (χ1n) is 5.71. The number of nitrogens with one attached hydrogen (secondary N) is 1. The van der Waals surface area contributed by atoms with Crippen LogP contribution in [0.3, 0.4) is 0 Å². The summed E-state index contributed by atoms with van der Waals surface area (Å²) in [5, 5.41) is 15.3. The molecular formula is C11H14N4O2S2. The van der Waals surface area contributed by atoms with Gasteiger partial charge in [0.1, 0.15) is 11.3 Å². The standard InChI is InChI=1S/C11H14N4O2S2/c1-5(2)18-11-14-13-10(19-11)12-9(16)8-6(3)15-17-7(8)4/h5H,1-4H3,(H,12,13,16). The molecule has 0 aliphatic rings. The molecule has 2 aromatic rings. The van der Waals surface area contributed by atoms with Gasteiger partial charge in [-0.2, -0.15) is 0 Å². The van der Waals surface area contributed by atoms with Gasteiger partial charge in [-0.15, -0.1) is 10.2 Å². The van der Waals surface area contributed by atoms with E-state index in [1.807, 2.05) is 0 Å². The van der Waals surface area contributed by atoms with Gasteiger partial charge in [-0.3, -0.25) is 10.1 Å². The summed E-state index contributed by atoms with van der Waals surface area (Å²) in [4.78, 5) is 12.1. The van der Waals surface area contributed by atoms with Gasteiger partial charge >= 0.3 is 0 Å². The summed E-state index contributed by atoms with van der Waals surface area (Å²) in [6.45, 7) is 7.59. The van der Waals surface area contributed by atoms with E-state index in [1.54, 1.807) is 25.6 Å². The summed E-state index contributed by atoms with van der Waals surface area (Å²) in [5.74, 6) is 0.227. The van der Waals surface area contributed by atoms with E-state index in [-0.39, 0.29) is 5.91 Å². The molecule has 0 aliphatic heterocycles. The molecule has 6 nitrogen and oxygen atoms in total.